The predicted octanol–water partition coefficient (Wildman–Crippen LogP) is 5.39. The quantitative estimate of drug-likeness (QED) is 0.390. The van der Waals surface area contributed by atoms with Gasteiger partial charge in [-0.2, -0.15) is 0 Å². The smallest absolute Gasteiger partial charge is 0.269 e. The summed E-state index contributed by atoms with van der Waals surface area (Å²) in [5.74, 6) is -0.190. The summed E-state index contributed by atoms with van der Waals surface area (Å²) in [7, 11) is 0. The molecule has 4 rings (SSSR count). The number of rotatable bonds is 6. The molecule has 0 atom stereocenters. The highest BCUT2D eigenvalue weighted by Gasteiger charge is 2.19. The van der Waals surface area contributed by atoms with Crippen molar-refractivity contribution < 1.29 is 9.90 Å². The monoisotopic (exact) mass is 422 g/mol. The fourth-order valence-corrected chi connectivity index (χ4v) is 4.35. The summed E-state index contributed by atoms with van der Waals surface area (Å²) >= 11 is 7.74. The van der Waals surface area contributed by atoms with Crippen molar-refractivity contribution in [2.24, 2.45) is 0 Å². The first-order chi connectivity index (χ1) is 14.1. The van der Waals surface area contributed by atoms with Crippen LogP contribution in [0.2, 0.25) is 5.02 Å². The fourth-order valence-electron chi connectivity index (χ4n) is 3.12. The Morgan fingerprint density at radius 3 is 2.59 bits per heavy atom. The zero-order chi connectivity index (χ0) is 20.2. The number of benzene rings is 3. The molecule has 0 saturated heterocycles. The average Bonchev–Trinajstić information content (AvgIpc) is 3.10. The fraction of sp³-hybridized carbons (Fsp3) is 0.0870. The Balaban J connectivity index is 1.64. The lowest BCUT2D eigenvalue weighted by Gasteiger charge is -2.08. The van der Waals surface area contributed by atoms with Gasteiger partial charge in [-0.05, 0) is 41.5 Å². The second-order valence-corrected chi connectivity index (χ2v) is 8.12. The lowest BCUT2D eigenvalue weighted by Crippen LogP contribution is -2.23. The number of aromatic nitrogens is 1. The minimum atomic E-state index is -0.190. The number of carbonyl (C=O) groups is 1. The van der Waals surface area contributed by atoms with Crippen LogP contribution in [0.3, 0.4) is 0 Å². The van der Waals surface area contributed by atoms with E-state index in [0.717, 1.165) is 31.8 Å². The zero-order valence-electron chi connectivity index (χ0n) is 15.5. The van der Waals surface area contributed by atoms with E-state index >= 15 is 0 Å². The summed E-state index contributed by atoms with van der Waals surface area (Å²) in [6.45, 7) is 0.348. The number of amides is 1. The Morgan fingerprint density at radius 1 is 1.00 bits per heavy atom. The molecule has 4 nitrogen and oxygen atoms in total. The maximum atomic E-state index is 13.0. The van der Waals surface area contributed by atoms with Gasteiger partial charge in [0.15, 0.2) is 0 Å². The molecular formula is C23H19ClN2O2S. The van der Waals surface area contributed by atoms with Gasteiger partial charge in [0.2, 0.25) is 0 Å². The van der Waals surface area contributed by atoms with Gasteiger partial charge >= 0.3 is 0 Å². The van der Waals surface area contributed by atoms with Crippen molar-refractivity contribution >= 4 is 40.2 Å². The van der Waals surface area contributed by atoms with E-state index in [1.165, 1.54) is 11.8 Å². The van der Waals surface area contributed by atoms with Crippen molar-refractivity contribution in [1.82, 2.24) is 10.3 Å². The molecule has 0 aliphatic carbocycles. The van der Waals surface area contributed by atoms with Crippen LogP contribution in [0.25, 0.3) is 10.9 Å². The molecule has 1 aromatic heterocycles. The number of carbonyl (C=O) groups excluding carboxylic acids is 1. The molecule has 1 amide bonds. The molecule has 0 unspecified atom stereocenters. The number of nitrogens with one attached hydrogen (secondary N) is 2. The summed E-state index contributed by atoms with van der Waals surface area (Å²) < 4.78 is 0. The number of aromatic amines is 1. The first-order valence-corrected chi connectivity index (χ1v) is 10.3. The average molecular weight is 423 g/mol. The van der Waals surface area contributed by atoms with E-state index in [9.17, 15) is 9.90 Å². The van der Waals surface area contributed by atoms with Gasteiger partial charge in [0.05, 0.1) is 11.5 Å². The first kappa shape index (κ1) is 19.6. The largest absolute Gasteiger partial charge is 0.392 e. The van der Waals surface area contributed by atoms with Crippen molar-refractivity contribution in [3.63, 3.8) is 0 Å². The molecule has 6 heteroatoms. The van der Waals surface area contributed by atoms with Crippen LogP contribution in [0.4, 0.5) is 0 Å². The minimum absolute atomic E-state index is 0.0254. The third-order valence-electron chi connectivity index (χ3n) is 4.53. The van der Waals surface area contributed by atoms with Crippen LogP contribution in [-0.2, 0) is 13.2 Å². The van der Waals surface area contributed by atoms with Crippen LogP contribution in [0.1, 0.15) is 21.6 Å². The molecule has 1 heterocycles. The number of halogens is 1. The van der Waals surface area contributed by atoms with Crippen LogP contribution in [0, 0.1) is 0 Å². The number of hydrogen-bond donors (Lipinski definition) is 3. The number of aliphatic hydroxyl groups excluding tert-OH is 1. The van der Waals surface area contributed by atoms with Crippen LogP contribution in [0.5, 0.6) is 0 Å². The number of aliphatic hydroxyl groups is 1. The van der Waals surface area contributed by atoms with Gasteiger partial charge in [-0.25, -0.2) is 0 Å². The molecule has 4 aromatic rings. The standard InChI is InChI=1S/C23H19ClN2O2S/c24-17-9-10-20-19(12-17)22(29-18-7-2-1-3-8-18)21(26-20)23(28)25-13-15-5-4-6-16(11-15)14-27/h1-12,26-27H,13-14H2,(H,25,28). The molecule has 0 aliphatic heterocycles. The maximum Gasteiger partial charge on any atom is 0.269 e. The summed E-state index contributed by atoms with van der Waals surface area (Å²) in [5, 5.41) is 13.8. The highest BCUT2D eigenvalue weighted by Crippen LogP contribution is 2.37. The summed E-state index contributed by atoms with van der Waals surface area (Å²) in [4.78, 5) is 18.1. The molecule has 29 heavy (non-hydrogen) atoms. The lowest BCUT2D eigenvalue weighted by atomic mass is 10.1. The summed E-state index contributed by atoms with van der Waals surface area (Å²) in [6, 6.07) is 23.0. The Bertz CT molecular complexity index is 1160. The van der Waals surface area contributed by atoms with Crippen molar-refractivity contribution in [2.75, 3.05) is 0 Å². The molecule has 3 aromatic carbocycles. The number of hydrogen-bond acceptors (Lipinski definition) is 3. The molecule has 0 saturated carbocycles. The van der Waals surface area contributed by atoms with Gasteiger partial charge in [-0.3, -0.25) is 4.79 Å². The van der Waals surface area contributed by atoms with E-state index in [1.54, 1.807) is 6.07 Å². The molecule has 3 N–H and O–H groups in total. The second-order valence-electron chi connectivity index (χ2n) is 6.59. The van der Waals surface area contributed by atoms with E-state index in [1.807, 2.05) is 66.7 Å². The molecule has 0 aliphatic rings. The molecule has 0 fully saturated rings. The maximum absolute atomic E-state index is 13.0. The van der Waals surface area contributed by atoms with Gasteiger partial charge in [0, 0.05) is 27.4 Å². The van der Waals surface area contributed by atoms with Crippen molar-refractivity contribution in [3.8, 4) is 0 Å². The van der Waals surface area contributed by atoms with Crippen molar-refractivity contribution in [2.45, 2.75) is 22.9 Å². The predicted molar refractivity (Wildman–Crippen MR) is 117 cm³/mol. The van der Waals surface area contributed by atoms with Gasteiger partial charge in [0.1, 0.15) is 5.69 Å². The highest BCUT2D eigenvalue weighted by atomic mass is 35.5. The lowest BCUT2D eigenvalue weighted by molar-refractivity contribution is 0.0944. The molecule has 146 valence electrons. The second kappa shape index (κ2) is 8.74. The zero-order valence-corrected chi connectivity index (χ0v) is 17.1. The molecule has 0 spiro atoms. The van der Waals surface area contributed by atoms with Gasteiger partial charge < -0.3 is 15.4 Å². The third-order valence-corrected chi connectivity index (χ3v) is 5.90. The van der Waals surface area contributed by atoms with Gasteiger partial charge in [0.25, 0.3) is 5.91 Å². The normalized spacial score (nSPS) is 11.0. The van der Waals surface area contributed by atoms with Gasteiger partial charge in [-0.1, -0.05) is 65.8 Å². The summed E-state index contributed by atoms with van der Waals surface area (Å²) in [6.07, 6.45) is 0. The number of H-pyrrole nitrogens is 1. The molecule has 0 bridgehead atoms. The van der Waals surface area contributed by atoms with Crippen molar-refractivity contribution in [3.05, 3.63) is 94.6 Å². The Morgan fingerprint density at radius 2 is 1.79 bits per heavy atom. The minimum Gasteiger partial charge on any atom is -0.392 e. The number of fused-ring (bicyclic) bond motifs is 1. The SMILES string of the molecule is O=C(NCc1cccc(CO)c1)c1[nH]c2ccc(Cl)cc2c1Sc1ccccc1. The van der Waals surface area contributed by atoms with E-state index in [4.69, 9.17) is 11.6 Å². The Hall–Kier alpha value is -2.73. The first-order valence-electron chi connectivity index (χ1n) is 9.15. The molecule has 0 radical (unpaired) electrons. The summed E-state index contributed by atoms with van der Waals surface area (Å²) in [5.41, 5.74) is 3.12. The van der Waals surface area contributed by atoms with E-state index < -0.39 is 0 Å². The Kier molecular flexibility index (Phi) is 5.90. The van der Waals surface area contributed by atoms with Crippen LogP contribution >= 0.6 is 23.4 Å². The van der Waals surface area contributed by atoms with Crippen molar-refractivity contribution in [1.29, 1.82) is 0 Å². The topological polar surface area (TPSA) is 65.1 Å². The van der Waals surface area contributed by atoms with E-state index in [2.05, 4.69) is 10.3 Å². The molecular weight excluding hydrogens is 404 g/mol. The van der Waals surface area contributed by atoms with Gasteiger partial charge in [-0.15, -0.1) is 0 Å². The van der Waals surface area contributed by atoms with Crippen LogP contribution < -0.4 is 5.32 Å². The van der Waals surface area contributed by atoms with Crippen LogP contribution in [-0.4, -0.2) is 16.0 Å². The van der Waals surface area contributed by atoms with E-state index in [-0.39, 0.29) is 12.5 Å². The van der Waals surface area contributed by atoms with Crippen LogP contribution in [0.15, 0.2) is 82.6 Å². The van der Waals surface area contributed by atoms with E-state index in [0.29, 0.717) is 17.3 Å². The third kappa shape index (κ3) is 4.48. The Labute approximate surface area is 177 Å². The highest BCUT2D eigenvalue weighted by molar-refractivity contribution is 7.99.